The second-order valence-corrected chi connectivity index (χ2v) is 10.1. The Hall–Kier alpha value is -3.16. The Kier molecular flexibility index (Phi) is 7.63. The molecule has 0 radical (unpaired) electrons. The van der Waals surface area contributed by atoms with Crippen LogP contribution in [0.5, 0.6) is 5.75 Å². The summed E-state index contributed by atoms with van der Waals surface area (Å²) in [5.74, 6) is 0.668. The molecule has 3 aromatic rings. The van der Waals surface area contributed by atoms with Crippen LogP contribution in [0.1, 0.15) is 65.0 Å². The van der Waals surface area contributed by atoms with Gasteiger partial charge in [-0.05, 0) is 61.2 Å². The third-order valence-corrected chi connectivity index (χ3v) is 7.53. The predicted molar refractivity (Wildman–Crippen MR) is 144 cm³/mol. The van der Waals surface area contributed by atoms with Crippen molar-refractivity contribution in [2.45, 2.75) is 46.1 Å². The summed E-state index contributed by atoms with van der Waals surface area (Å²) in [4.78, 5) is 31.7. The Morgan fingerprint density at radius 2 is 1.78 bits per heavy atom. The molecule has 196 valence electrons. The van der Waals surface area contributed by atoms with Crippen molar-refractivity contribution in [3.63, 3.8) is 0 Å². The van der Waals surface area contributed by atoms with E-state index in [4.69, 9.17) is 13.9 Å². The number of hydrogen-bond acceptors (Lipinski definition) is 6. The second kappa shape index (κ2) is 11.1. The summed E-state index contributed by atoms with van der Waals surface area (Å²) in [5.41, 5.74) is 3.65. The summed E-state index contributed by atoms with van der Waals surface area (Å²) >= 11 is 0. The minimum Gasteiger partial charge on any atom is -0.494 e. The quantitative estimate of drug-likeness (QED) is 0.388. The zero-order valence-electron chi connectivity index (χ0n) is 22.0. The fraction of sp³-hybridized carbons (Fsp3) is 0.467. The average molecular weight is 505 g/mol. The van der Waals surface area contributed by atoms with Gasteiger partial charge in [-0.2, -0.15) is 0 Å². The minimum atomic E-state index is -0.523. The number of rotatable bonds is 9. The van der Waals surface area contributed by atoms with Crippen molar-refractivity contribution in [3.8, 4) is 5.75 Å². The van der Waals surface area contributed by atoms with E-state index in [-0.39, 0.29) is 17.1 Å². The maximum Gasteiger partial charge on any atom is 0.290 e. The van der Waals surface area contributed by atoms with E-state index in [2.05, 4.69) is 11.8 Å². The molecule has 2 aromatic carbocycles. The number of benzene rings is 2. The maximum absolute atomic E-state index is 13.9. The highest BCUT2D eigenvalue weighted by Crippen LogP contribution is 2.39. The first kappa shape index (κ1) is 25.5. The zero-order chi connectivity index (χ0) is 25.9. The van der Waals surface area contributed by atoms with E-state index in [1.165, 1.54) is 0 Å². The number of unbranched alkanes of at least 4 members (excludes halogenated alkanes) is 2. The fourth-order valence-electron chi connectivity index (χ4n) is 5.24. The van der Waals surface area contributed by atoms with E-state index in [1.54, 1.807) is 4.90 Å². The number of carbonyl (C=O) groups is 1. The molecule has 0 spiro atoms. The Balaban J connectivity index is 1.55. The first-order chi connectivity index (χ1) is 18.0. The summed E-state index contributed by atoms with van der Waals surface area (Å²) in [6.45, 7) is 11.0. The molecule has 2 aliphatic rings. The van der Waals surface area contributed by atoms with Crippen LogP contribution in [0.25, 0.3) is 11.0 Å². The lowest BCUT2D eigenvalue weighted by molar-refractivity contribution is 0.0314. The first-order valence-electron chi connectivity index (χ1n) is 13.4. The lowest BCUT2D eigenvalue weighted by Crippen LogP contribution is -2.42. The van der Waals surface area contributed by atoms with Gasteiger partial charge in [0, 0.05) is 26.2 Å². The molecule has 1 unspecified atom stereocenters. The monoisotopic (exact) mass is 504 g/mol. The summed E-state index contributed by atoms with van der Waals surface area (Å²) in [7, 11) is 0. The van der Waals surface area contributed by atoms with Crippen molar-refractivity contribution in [3.05, 3.63) is 74.6 Å². The number of carbonyl (C=O) groups excluding carboxylic acids is 1. The molecule has 3 heterocycles. The molecule has 2 aliphatic heterocycles. The lowest BCUT2D eigenvalue weighted by Gasteiger charge is -2.31. The van der Waals surface area contributed by atoms with E-state index in [1.807, 2.05) is 50.2 Å². The second-order valence-electron chi connectivity index (χ2n) is 10.1. The highest BCUT2D eigenvalue weighted by Gasteiger charge is 2.42. The van der Waals surface area contributed by atoms with Crippen LogP contribution in [0.3, 0.4) is 0 Å². The van der Waals surface area contributed by atoms with E-state index < -0.39 is 6.04 Å². The van der Waals surface area contributed by atoms with Gasteiger partial charge in [0.05, 0.1) is 36.8 Å². The Labute approximate surface area is 218 Å². The number of nitrogens with zero attached hydrogens (tertiary/aromatic N) is 2. The molecule has 1 atom stereocenters. The third kappa shape index (κ3) is 5.15. The standard InChI is InChI=1S/C30H36N2O5/c1-4-5-6-14-36-23-9-7-8-22(19-23)27-26-28(33)24-17-20(2)21(3)18-25(24)37-29(26)30(34)32(27)11-10-31-12-15-35-16-13-31/h7-9,17-19,27H,4-6,10-16H2,1-3H3. The molecule has 0 N–H and O–H groups in total. The van der Waals surface area contributed by atoms with Gasteiger partial charge in [-0.1, -0.05) is 31.9 Å². The normalized spacial score (nSPS) is 18.0. The summed E-state index contributed by atoms with van der Waals surface area (Å²) < 4.78 is 17.7. The maximum atomic E-state index is 13.9. The van der Waals surface area contributed by atoms with Crippen LogP contribution in [0.4, 0.5) is 0 Å². The number of aryl methyl sites for hydroxylation is 2. The number of amides is 1. The third-order valence-electron chi connectivity index (χ3n) is 7.53. The van der Waals surface area contributed by atoms with Crippen LogP contribution in [-0.2, 0) is 4.74 Å². The Morgan fingerprint density at radius 3 is 2.57 bits per heavy atom. The van der Waals surface area contributed by atoms with Gasteiger partial charge in [-0.3, -0.25) is 14.5 Å². The van der Waals surface area contributed by atoms with Gasteiger partial charge in [0.2, 0.25) is 5.76 Å². The number of fused-ring (bicyclic) bond motifs is 2. The summed E-state index contributed by atoms with van der Waals surface area (Å²) in [6.07, 6.45) is 3.24. The van der Waals surface area contributed by atoms with E-state index >= 15 is 0 Å². The zero-order valence-corrected chi connectivity index (χ0v) is 22.0. The molecule has 37 heavy (non-hydrogen) atoms. The van der Waals surface area contributed by atoms with Gasteiger partial charge in [0.15, 0.2) is 5.43 Å². The molecule has 1 amide bonds. The van der Waals surface area contributed by atoms with Gasteiger partial charge in [0.25, 0.3) is 5.91 Å². The lowest BCUT2D eigenvalue weighted by atomic mass is 9.97. The van der Waals surface area contributed by atoms with Crippen molar-refractivity contribution < 1.29 is 18.7 Å². The molecule has 1 aromatic heterocycles. The van der Waals surface area contributed by atoms with E-state index in [9.17, 15) is 9.59 Å². The molecule has 7 heteroatoms. The van der Waals surface area contributed by atoms with Crippen molar-refractivity contribution in [1.82, 2.24) is 9.80 Å². The SMILES string of the molecule is CCCCCOc1cccc(C2c3c(oc4cc(C)c(C)cc4c3=O)C(=O)N2CCN2CCOCC2)c1. The van der Waals surface area contributed by atoms with Crippen molar-refractivity contribution in [2.75, 3.05) is 46.0 Å². The Bertz CT molecular complexity index is 1340. The molecule has 0 aliphatic carbocycles. The molecule has 5 rings (SSSR count). The first-order valence-corrected chi connectivity index (χ1v) is 13.4. The van der Waals surface area contributed by atoms with Gasteiger partial charge in [-0.25, -0.2) is 0 Å². The molecule has 7 nitrogen and oxygen atoms in total. The van der Waals surface area contributed by atoms with Crippen molar-refractivity contribution >= 4 is 16.9 Å². The topological polar surface area (TPSA) is 72.2 Å². The van der Waals surface area contributed by atoms with E-state index in [0.29, 0.717) is 49.4 Å². The minimum absolute atomic E-state index is 0.138. The van der Waals surface area contributed by atoms with Gasteiger partial charge in [-0.15, -0.1) is 0 Å². The molecule has 1 saturated heterocycles. The van der Waals surface area contributed by atoms with Crippen molar-refractivity contribution in [1.29, 1.82) is 0 Å². The van der Waals surface area contributed by atoms with E-state index in [0.717, 1.165) is 54.8 Å². The van der Waals surface area contributed by atoms with Gasteiger partial charge >= 0.3 is 0 Å². The average Bonchev–Trinajstić information content (AvgIpc) is 3.19. The molecular formula is C30H36N2O5. The largest absolute Gasteiger partial charge is 0.494 e. The van der Waals surface area contributed by atoms with Crippen LogP contribution in [0.2, 0.25) is 0 Å². The molecule has 1 fully saturated rings. The fourth-order valence-corrected chi connectivity index (χ4v) is 5.24. The van der Waals surface area contributed by atoms with Gasteiger partial charge in [0.1, 0.15) is 11.3 Å². The van der Waals surface area contributed by atoms with Gasteiger partial charge < -0.3 is 18.8 Å². The highest BCUT2D eigenvalue weighted by atomic mass is 16.5. The van der Waals surface area contributed by atoms with Crippen molar-refractivity contribution in [2.24, 2.45) is 0 Å². The molecule has 0 bridgehead atoms. The summed E-state index contributed by atoms with van der Waals surface area (Å²) in [6, 6.07) is 11.0. The number of hydrogen-bond donors (Lipinski definition) is 0. The van der Waals surface area contributed by atoms with Crippen LogP contribution >= 0.6 is 0 Å². The Morgan fingerprint density at radius 1 is 1.00 bits per heavy atom. The van der Waals surface area contributed by atoms with Crippen LogP contribution < -0.4 is 10.2 Å². The van der Waals surface area contributed by atoms with Crippen LogP contribution in [0, 0.1) is 13.8 Å². The van der Waals surface area contributed by atoms with Crippen LogP contribution in [0.15, 0.2) is 45.6 Å². The summed E-state index contributed by atoms with van der Waals surface area (Å²) in [5, 5.41) is 0.515. The molecule has 0 saturated carbocycles. The number of ether oxygens (including phenoxy) is 2. The predicted octanol–water partition coefficient (Wildman–Crippen LogP) is 4.86. The highest BCUT2D eigenvalue weighted by molar-refractivity contribution is 5.99. The number of morpholine rings is 1. The molecular weight excluding hydrogens is 468 g/mol. The van der Waals surface area contributed by atoms with Crippen LogP contribution in [-0.4, -0.2) is 61.7 Å². The smallest absolute Gasteiger partial charge is 0.290 e.